The van der Waals surface area contributed by atoms with Crippen molar-refractivity contribution in [2.24, 2.45) is 0 Å². The summed E-state index contributed by atoms with van der Waals surface area (Å²) in [6.45, 7) is 4.42. The highest BCUT2D eigenvalue weighted by atomic mass is 32.1. The number of benzene rings is 1. The van der Waals surface area contributed by atoms with E-state index < -0.39 is 0 Å². The van der Waals surface area contributed by atoms with Crippen molar-refractivity contribution in [2.45, 2.75) is 26.6 Å². The van der Waals surface area contributed by atoms with E-state index in [0.717, 1.165) is 23.9 Å². The second kappa shape index (κ2) is 7.05. The summed E-state index contributed by atoms with van der Waals surface area (Å²) in [7, 11) is 1.98. The Morgan fingerprint density at radius 2 is 2.05 bits per heavy atom. The zero-order valence-corrected chi connectivity index (χ0v) is 12.7. The molecule has 0 fully saturated rings. The predicted octanol–water partition coefficient (Wildman–Crippen LogP) is 2.41. The Kier molecular flexibility index (Phi) is 5.12. The number of hydrogen-bond acceptors (Lipinski definition) is 2. The lowest BCUT2D eigenvalue weighted by Crippen LogP contribution is -2.36. The molecule has 2 aromatic rings. The lowest BCUT2D eigenvalue weighted by atomic mass is 10.2. The van der Waals surface area contributed by atoms with E-state index in [-0.39, 0.29) is 0 Å². The number of thiocarbonyl (C=S) groups is 1. The number of nitrogens with zero attached hydrogens (tertiary/aromatic N) is 3. The van der Waals surface area contributed by atoms with Crippen molar-refractivity contribution < 1.29 is 0 Å². The second-order valence-corrected chi connectivity index (χ2v) is 5.05. The Morgan fingerprint density at radius 3 is 2.70 bits per heavy atom. The second-order valence-electron chi connectivity index (χ2n) is 4.66. The van der Waals surface area contributed by atoms with Crippen LogP contribution in [0.15, 0.2) is 42.6 Å². The van der Waals surface area contributed by atoms with Crippen LogP contribution >= 0.6 is 12.2 Å². The highest BCUT2D eigenvalue weighted by molar-refractivity contribution is 7.80. The maximum absolute atomic E-state index is 5.39. The molecule has 2 rings (SSSR count). The third kappa shape index (κ3) is 4.06. The molecular weight excluding hydrogens is 268 g/mol. The lowest BCUT2D eigenvalue weighted by Gasteiger charge is -2.20. The van der Waals surface area contributed by atoms with Crippen LogP contribution in [0.25, 0.3) is 0 Å². The average molecular weight is 288 g/mol. The first kappa shape index (κ1) is 14.5. The molecule has 0 saturated carbocycles. The Morgan fingerprint density at radius 1 is 1.30 bits per heavy atom. The summed E-state index contributed by atoms with van der Waals surface area (Å²) in [5.41, 5.74) is 2.25. The van der Waals surface area contributed by atoms with Gasteiger partial charge < -0.3 is 10.2 Å². The van der Waals surface area contributed by atoms with Crippen LogP contribution in [-0.4, -0.2) is 26.8 Å². The molecule has 0 atom stereocenters. The van der Waals surface area contributed by atoms with E-state index in [1.165, 1.54) is 5.56 Å². The van der Waals surface area contributed by atoms with E-state index in [9.17, 15) is 0 Å². The van der Waals surface area contributed by atoms with Gasteiger partial charge in [-0.2, -0.15) is 5.10 Å². The molecule has 0 aliphatic heterocycles. The molecule has 1 aromatic heterocycles. The summed E-state index contributed by atoms with van der Waals surface area (Å²) in [5.74, 6) is 0. The highest BCUT2D eigenvalue weighted by Crippen LogP contribution is 2.02. The van der Waals surface area contributed by atoms with Crippen LogP contribution in [0.5, 0.6) is 0 Å². The van der Waals surface area contributed by atoms with Gasteiger partial charge in [0.25, 0.3) is 0 Å². The maximum Gasteiger partial charge on any atom is 0.169 e. The van der Waals surface area contributed by atoms with Crippen LogP contribution < -0.4 is 5.32 Å². The first-order valence-corrected chi connectivity index (χ1v) is 7.15. The monoisotopic (exact) mass is 288 g/mol. The lowest BCUT2D eigenvalue weighted by molar-refractivity contribution is 0.475. The molecule has 5 heteroatoms. The van der Waals surface area contributed by atoms with Gasteiger partial charge in [0.05, 0.1) is 12.2 Å². The van der Waals surface area contributed by atoms with Crippen molar-refractivity contribution in [2.75, 3.05) is 7.05 Å². The van der Waals surface area contributed by atoms with Crippen LogP contribution in [0.2, 0.25) is 0 Å². The van der Waals surface area contributed by atoms with Gasteiger partial charge in [0.1, 0.15) is 0 Å². The number of nitrogens with one attached hydrogen (secondary N) is 1. The Bertz CT molecular complexity index is 550. The molecule has 1 heterocycles. The molecule has 1 N–H and O–H groups in total. The summed E-state index contributed by atoms with van der Waals surface area (Å²) >= 11 is 5.39. The maximum atomic E-state index is 5.39. The first-order chi connectivity index (χ1) is 9.69. The van der Waals surface area contributed by atoms with Gasteiger partial charge in [0.15, 0.2) is 5.11 Å². The summed E-state index contributed by atoms with van der Waals surface area (Å²) < 4.78 is 1.92. The molecule has 0 amide bonds. The fraction of sp³-hybridized carbons (Fsp3) is 0.333. The van der Waals surface area contributed by atoms with Crippen molar-refractivity contribution in [1.82, 2.24) is 20.0 Å². The minimum absolute atomic E-state index is 0.716. The highest BCUT2D eigenvalue weighted by Gasteiger charge is 2.07. The third-order valence-corrected chi connectivity index (χ3v) is 3.51. The zero-order chi connectivity index (χ0) is 14.4. The molecule has 4 nitrogen and oxygen atoms in total. The number of rotatable bonds is 5. The standard InChI is InChI=1S/C15H20N4S/c1-3-19-10-9-14(17-19)12-18(2)15(20)16-11-13-7-5-4-6-8-13/h4-10H,3,11-12H2,1-2H3,(H,16,20). The quantitative estimate of drug-likeness (QED) is 0.857. The van der Waals surface area contributed by atoms with Crippen molar-refractivity contribution in [1.29, 1.82) is 0 Å². The summed E-state index contributed by atoms with van der Waals surface area (Å²) in [6.07, 6.45) is 1.99. The minimum atomic E-state index is 0.716. The van der Waals surface area contributed by atoms with Gasteiger partial charge in [-0.15, -0.1) is 0 Å². The van der Waals surface area contributed by atoms with Gasteiger partial charge in [-0.25, -0.2) is 0 Å². The molecule has 0 bridgehead atoms. The molecule has 0 spiro atoms. The Balaban J connectivity index is 1.82. The van der Waals surface area contributed by atoms with E-state index in [1.807, 2.05) is 47.1 Å². The van der Waals surface area contributed by atoms with Crippen molar-refractivity contribution in [3.8, 4) is 0 Å². The van der Waals surface area contributed by atoms with Gasteiger partial charge in [-0.05, 0) is 30.8 Å². The normalized spacial score (nSPS) is 10.3. The average Bonchev–Trinajstić information content (AvgIpc) is 2.93. The Hall–Kier alpha value is -1.88. The number of aryl methyl sites for hydroxylation is 1. The molecule has 0 aliphatic carbocycles. The van der Waals surface area contributed by atoms with Gasteiger partial charge in [0, 0.05) is 26.3 Å². The summed E-state index contributed by atoms with van der Waals surface area (Å²) in [6, 6.07) is 12.3. The fourth-order valence-electron chi connectivity index (χ4n) is 1.89. The van der Waals surface area contributed by atoms with Gasteiger partial charge >= 0.3 is 0 Å². The molecule has 106 valence electrons. The summed E-state index contributed by atoms with van der Waals surface area (Å²) in [4.78, 5) is 2.00. The van der Waals surface area contributed by atoms with E-state index in [4.69, 9.17) is 12.2 Å². The van der Waals surface area contributed by atoms with Crippen LogP contribution in [0.3, 0.4) is 0 Å². The molecule has 0 aliphatic rings. The molecule has 0 saturated heterocycles. The van der Waals surface area contributed by atoms with E-state index in [1.54, 1.807) is 0 Å². The smallest absolute Gasteiger partial charge is 0.169 e. The molecule has 0 unspecified atom stereocenters. The predicted molar refractivity (Wildman–Crippen MR) is 85.2 cm³/mol. The largest absolute Gasteiger partial charge is 0.358 e. The fourth-order valence-corrected chi connectivity index (χ4v) is 2.02. The number of hydrogen-bond donors (Lipinski definition) is 1. The van der Waals surface area contributed by atoms with Crippen molar-refractivity contribution in [3.05, 3.63) is 53.9 Å². The third-order valence-electron chi connectivity index (χ3n) is 3.05. The van der Waals surface area contributed by atoms with Crippen molar-refractivity contribution in [3.63, 3.8) is 0 Å². The summed E-state index contributed by atoms with van der Waals surface area (Å²) in [5, 5.41) is 8.46. The van der Waals surface area contributed by atoms with Crippen LogP contribution in [0, 0.1) is 0 Å². The topological polar surface area (TPSA) is 33.1 Å². The van der Waals surface area contributed by atoms with E-state index in [2.05, 4.69) is 29.5 Å². The zero-order valence-electron chi connectivity index (χ0n) is 11.9. The SMILES string of the molecule is CCn1ccc(CN(C)C(=S)NCc2ccccc2)n1. The van der Waals surface area contributed by atoms with Crippen LogP contribution in [-0.2, 0) is 19.6 Å². The molecule has 20 heavy (non-hydrogen) atoms. The van der Waals surface area contributed by atoms with Gasteiger partial charge in [0.2, 0.25) is 0 Å². The molecular formula is C15H20N4S. The van der Waals surface area contributed by atoms with Crippen LogP contribution in [0.1, 0.15) is 18.2 Å². The van der Waals surface area contributed by atoms with E-state index >= 15 is 0 Å². The van der Waals surface area contributed by atoms with Gasteiger partial charge in [-0.1, -0.05) is 30.3 Å². The molecule has 1 aromatic carbocycles. The first-order valence-electron chi connectivity index (χ1n) is 6.74. The van der Waals surface area contributed by atoms with Crippen molar-refractivity contribution >= 4 is 17.3 Å². The Labute approximate surface area is 125 Å². The molecule has 0 radical (unpaired) electrons. The van der Waals surface area contributed by atoms with Gasteiger partial charge in [-0.3, -0.25) is 4.68 Å². The minimum Gasteiger partial charge on any atom is -0.358 e. The van der Waals surface area contributed by atoms with Crippen LogP contribution in [0.4, 0.5) is 0 Å². The number of aromatic nitrogens is 2. The van der Waals surface area contributed by atoms with E-state index in [0.29, 0.717) is 6.54 Å².